The molecule has 0 saturated carbocycles. The lowest BCUT2D eigenvalue weighted by Gasteiger charge is -2.06. The number of carbonyl (C=O) groups is 1. The minimum Gasteiger partial charge on any atom is -0.489 e. The first-order valence-corrected chi connectivity index (χ1v) is 8.61. The lowest BCUT2D eigenvalue weighted by atomic mass is 10.2. The van der Waals surface area contributed by atoms with Gasteiger partial charge < -0.3 is 10.1 Å². The molecular weight excluding hydrogens is 356 g/mol. The van der Waals surface area contributed by atoms with Gasteiger partial charge in [0.2, 0.25) is 5.91 Å². The van der Waals surface area contributed by atoms with Crippen LogP contribution in [0.5, 0.6) is 5.75 Å². The maximum atomic E-state index is 12.0. The molecule has 3 aromatic carbocycles. The van der Waals surface area contributed by atoms with Crippen LogP contribution in [0.25, 0.3) is 6.08 Å². The van der Waals surface area contributed by atoms with Crippen LogP contribution in [0.4, 0.5) is 11.4 Å². The number of nitro benzene ring substituents is 1. The summed E-state index contributed by atoms with van der Waals surface area (Å²) < 4.78 is 5.72. The van der Waals surface area contributed by atoms with E-state index in [1.165, 1.54) is 18.2 Å². The quantitative estimate of drug-likeness (QED) is 0.365. The maximum Gasteiger partial charge on any atom is 0.292 e. The Morgan fingerprint density at radius 1 is 0.964 bits per heavy atom. The second-order valence-corrected chi connectivity index (χ2v) is 5.94. The number of nitro groups is 1. The van der Waals surface area contributed by atoms with Crippen molar-refractivity contribution >= 4 is 23.4 Å². The van der Waals surface area contributed by atoms with Gasteiger partial charge in [-0.25, -0.2) is 0 Å². The number of nitrogens with zero attached hydrogens (tertiary/aromatic N) is 1. The van der Waals surface area contributed by atoms with Crippen molar-refractivity contribution in [3.8, 4) is 5.75 Å². The number of rotatable bonds is 7. The molecule has 0 heterocycles. The van der Waals surface area contributed by atoms with E-state index in [2.05, 4.69) is 5.32 Å². The van der Waals surface area contributed by atoms with E-state index in [0.717, 1.165) is 16.9 Å². The Kier molecular flexibility index (Phi) is 6.15. The van der Waals surface area contributed by atoms with Gasteiger partial charge in [-0.15, -0.1) is 0 Å². The number of carbonyl (C=O) groups excluding carboxylic acids is 1. The van der Waals surface area contributed by atoms with Gasteiger partial charge in [0.25, 0.3) is 5.69 Å². The minimum absolute atomic E-state index is 0.149. The summed E-state index contributed by atoms with van der Waals surface area (Å²) in [5.41, 5.74) is 1.90. The van der Waals surface area contributed by atoms with Crippen LogP contribution in [0.15, 0.2) is 84.9 Å². The van der Waals surface area contributed by atoms with Gasteiger partial charge in [0.05, 0.1) is 4.92 Å². The van der Waals surface area contributed by atoms with E-state index < -0.39 is 10.8 Å². The van der Waals surface area contributed by atoms with E-state index in [0.29, 0.717) is 6.61 Å². The number of benzene rings is 3. The molecule has 28 heavy (non-hydrogen) atoms. The maximum absolute atomic E-state index is 12.0. The summed E-state index contributed by atoms with van der Waals surface area (Å²) in [5.74, 6) is 0.282. The van der Waals surface area contributed by atoms with E-state index in [1.807, 2.05) is 54.6 Å². The fourth-order valence-electron chi connectivity index (χ4n) is 2.50. The van der Waals surface area contributed by atoms with E-state index in [4.69, 9.17) is 4.74 Å². The Hall–Kier alpha value is -3.93. The summed E-state index contributed by atoms with van der Waals surface area (Å²) in [6.45, 7) is 0.480. The Morgan fingerprint density at radius 2 is 1.64 bits per heavy atom. The Morgan fingerprint density at radius 3 is 2.36 bits per heavy atom. The normalized spacial score (nSPS) is 10.6. The van der Waals surface area contributed by atoms with Gasteiger partial charge in [-0.3, -0.25) is 14.9 Å². The largest absolute Gasteiger partial charge is 0.489 e. The van der Waals surface area contributed by atoms with Crippen LogP contribution >= 0.6 is 0 Å². The molecule has 0 radical (unpaired) electrons. The number of para-hydroxylation sites is 2. The van der Waals surface area contributed by atoms with Gasteiger partial charge in [0, 0.05) is 12.1 Å². The molecule has 0 fully saturated rings. The number of hydrogen-bond donors (Lipinski definition) is 1. The highest BCUT2D eigenvalue weighted by atomic mass is 16.6. The number of amides is 1. The average Bonchev–Trinajstić information content (AvgIpc) is 2.72. The Labute approximate surface area is 162 Å². The second-order valence-electron chi connectivity index (χ2n) is 5.94. The second kappa shape index (κ2) is 9.14. The van der Waals surface area contributed by atoms with Crippen LogP contribution in [0.2, 0.25) is 0 Å². The van der Waals surface area contributed by atoms with E-state index in [9.17, 15) is 14.9 Å². The van der Waals surface area contributed by atoms with Crippen LogP contribution in [-0.2, 0) is 11.4 Å². The molecule has 140 valence electrons. The average molecular weight is 374 g/mol. The molecule has 1 N–H and O–H groups in total. The lowest BCUT2D eigenvalue weighted by molar-refractivity contribution is -0.383. The predicted molar refractivity (Wildman–Crippen MR) is 108 cm³/mol. The topological polar surface area (TPSA) is 81.5 Å². The van der Waals surface area contributed by atoms with Crippen molar-refractivity contribution in [1.29, 1.82) is 0 Å². The molecule has 0 aliphatic rings. The van der Waals surface area contributed by atoms with Crippen molar-refractivity contribution in [2.24, 2.45) is 0 Å². The molecule has 0 aliphatic heterocycles. The molecule has 0 spiro atoms. The number of ether oxygens (including phenoxy) is 1. The smallest absolute Gasteiger partial charge is 0.292 e. The molecule has 0 saturated heterocycles. The van der Waals surface area contributed by atoms with Crippen molar-refractivity contribution in [2.75, 3.05) is 5.32 Å². The minimum atomic E-state index is -0.534. The van der Waals surface area contributed by atoms with E-state index in [1.54, 1.807) is 18.2 Å². The molecule has 3 rings (SSSR count). The first kappa shape index (κ1) is 18.8. The first-order chi connectivity index (χ1) is 13.6. The summed E-state index contributed by atoms with van der Waals surface area (Å²) in [7, 11) is 0. The summed E-state index contributed by atoms with van der Waals surface area (Å²) in [6, 6.07) is 23.2. The molecule has 1 amide bonds. The molecule has 6 heteroatoms. The number of nitrogens with one attached hydrogen (secondary N) is 1. The van der Waals surface area contributed by atoms with Crippen LogP contribution in [0.1, 0.15) is 11.1 Å². The molecule has 0 atom stereocenters. The Balaban J connectivity index is 1.57. The zero-order chi connectivity index (χ0) is 19.8. The third-order valence-corrected chi connectivity index (χ3v) is 3.91. The standard InChI is InChI=1S/C22H18N2O4/c25-22(23-20-8-4-5-9-21(20)24(26)27)15-12-17-10-13-19(14-11-17)28-16-18-6-2-1-3-7-18/h1-15H,16H2,(H,23,25)/b15-12+. The molecular formula is C22H18N2O4. The van der Waals surface area contributed by atoms with Gasteiger partial charge in [0.1, 0.15) is 18.0 Å². The van der Waals surface area contributed by atoms with E-state index >= 15 is 0 Å². The van der Waals surface area contributed by atoms with Crippen molar-refractivity contribution in [1.82, 2.24) is 0 Å². The summed E-state index contributed by atoms with van der Waals surface area (Å²) in [6.07, 6.45) is 2.96. The van der Waals surface area contributed by atoms with Gasteiger partial charge in [-0.1, -0.05) is 54.6 Å². The van der Waals surface area contributed by atoms with Crippen molar-refractivity contribution in [3.05, 3.63) is 106 Å². The lowest BCUT2D eigenvalue weighted by Crippen LogP contribution is -2.09. The molecule has 3 aromatic rings. The van der Waals surface area contributed by atoms with Gasteiger partial charge in [0.15, 0.2) is 0 Å². The van der Waals surface area contributed by atoms with Crippen LogP contribution in [0.3, 0.4) is 0 Å². The highest BCUT2D eigenvalue weighted by Gasteiger charge is 2.13. The molecule has 0 aliphatic carbocycles. The monoisotopic (exact) mass is 374 g/mol. The van der Waals surface area contributed by atoms with Gasteiger partial charge in [-0.2, -0.15) is 0 Å². The first-order valence-electron chi connectivity index (χ1n) is 8.61. The molecule has 0 unspecified atom stereocenters. The fraction of sp³-hybridized carbons (Fsp3) is 0.0455. The summed E-state index contributed by atoms with van der Waals surface area (Å²) in [4.78, 5) is 22.5. The molecule has 6 nitrogen and oxygen atoms in total. The summed E-state index contributed by atoms with van der Waals surface area (Å²) in [5, 5.41) is 13.5. The SMILES string of the molecule is O=C(/C=C/c1ccc(OCc2ccccc2)cc1)Nc1ccccc1[N+](=O)[O-]. The van der Waals surface area contributed by atoms with Gasteiger partial charge >= 0.3 is 0 Å². The predicted octanol–water partition coefficient (Wildman–Crippen LogP) is 4.83. The van der Waals surface area contributed by atoms with E-state index in [-0.39, 0.29) is 11.4 Å². The number of hydrogen-bond acceptors (Lipinski definition) is 4. The third-order valence-electron chi connectivity index (χ3n) is 3.91. The van der Waals surface area contributed by atoms with Crippen LogP contribution < -0.4 is 10.1 Å². The molecule has 0 aromatic heterocycles. The van der Waals surface area contributed by atoms with Crippen LogP contribution in [-0.4, -0.2) is 10.8 Å². The zero-order valence-electron chi connectivity index (χ0n) is 14.9. The van der Waals surface area contributed by atoms with Gasteiger partial charge in [-0.05, 0) is 35.4 Å². The molecule has 0 bridgehead atoms. The number of anilines is 1. The van der Waals surface area contributed by atoms with Crippen molar-refractivity contribution in [3.63, 3.8) is 0 Å². The fourth-order valence-corrected chi connectivity index (χ4v) is 2.50. The summed E-state index contributed by atoms with van der Waals surface area (Å²) >= 11 is 0. The highest BCUT2D eigenvalue weighted by molar-refractivity contribution is 6.03. The third kappa shape index (κ3) is 5.28. The van der Waals surface area contributed by atoms with Crippen LogP contribution in [0, 0.1) is 10.1 Å². The van der Waals surface area contributed by atoms with Crippen molar-refractivity contribution < 1.29 is 14.5 Å². The van der Waals surface area contributed by atoms with Crippen molar-refractivity contribution in [2.45, 2.75) is 6.61 Å². The zero-order valence-corrected chi connectivity index (χ0v) is 14.9. The highest BCUT2D eigenvalue weighted by Crippen LogP contribution is 2.23. The Bertz CT molecular complexity index is 983.